The Morgan fingerprint density at radius 3 is 2.55 bits per heavy atom. The van der Waals surface area contributed by atoms with Crippen molar-refractivity contribution in [1.82, 2.24) is 5.32 Å². The molecule has 0 saturated carbocycles. The van der Waals surface area contributed by atoms with Crippen LogP contribution >= 0.6 is 23.8 Å². The minimum absolute atomic E-state index is 0.237. The molecule has 0 radical (unpaired) electrons. The molecule has 1 heterocycles. The fraction of sp³-hybridized carbons (Fsp3) is 0.130. The molecule has 1 aromatic heterocycles. The third-order valence-electron chi connectivity index (χ3n) is 4.35. The van der Waals surface area contributed by atoms with E-state index in [1.54, 1.807) is 12.1 Å². The van der Waals surface area contributed by atoms with Gasteiger partial charge in [0.1, 0.15) is 11.5 Å². The Morgan fingerprint density at radius 2 is 1.83 bits per heavy atom. The second-order valence-corrected chi connectivity index (χ2v) is 7.58. The lowest BCUT2D eigenvalue weighted by Gasteiger charge is -2.11. The largest absolute Gasteiger partial charge is 0.457 e. The summed E-state index contributed by atoms with van der Waals surface area (Å²) in [5, 5.41) is 6.58. The van der Waals surface area contributed by atoms with Gasteiger partial charge in [-0.3, -0.25) is 10.1 Å². The third-order valence-corrected chi connectivity index (χ3v) is 4.96. The fourth-order valence-corrected chi connectivity index (χ4v) is 3.15. The Labute approximate surface area is 180 Å². The van der Waals surface area contributed by atoms with Gasteiger partial charge in [0.05, 0.1) is 0 Å². The number of rotatable bonds is 4. The zero-order chi connectivity index (χ0) is 21.0. The van der Waals surface area contributed by atoms with Crippen molar-refractivity contribution in [3.05, 3.63) is 82.1 Å². The van der Waals surface area contributed by atoms with Crippen LogP contribution in [0.3, 0.4) is 0 Å². The van der Waals surface area contributed by atoms with Crippen LogP contribution in [0.15, 0.2) is 59.0 Å². The van der Waals surface area contributed by atoms with Gasteiger partial charge in [0.25, 0.3) is 0 Å². The van der Waals surface area contributed by atoms with E-state index in [9.17, 15) is 4.79 Å². The van der Waals surface area contributed by atoms with Gasteiger partial charge < -0.3 is 9.73 Å². The first kappa shape index (κ1) is 20.8. The molecule has 0 unspecified atom stereocenters. The van der Waals surface area contributed by atoms with E-state index in [0.717, 1.165) is 27.9 Å². The van der Waals surface area contributed by atoms with Gasteiger partial charge in [0.2, 0.25) is 5.91 Å². The monoisotopic (exact) mass is 424 g/mol. The average molecular weight is 425 g/mol. The highest BCUT2D eigenvalue weighted by Crippen LogP contribution is 2.27. The quantitative estimate of drug-likeness (QED) is 0.395. The number of nitrogens with one attached hydrogen (secondary N) is 2. The molecule has 0 atom stereocenters. The number of carbonyl (C=O) groups excluding carboxylic acids is 1. The molecule has 0 aliphatic heterocycles. The minimum Gasteiger partial charge on any atom is -0.457 e. The maximum Gasteiger partial charge on any atom is 0.250 e. The number of hydrogen-bond acceptors (Lipinski definition) is 3. The van der Waals surface area contributed by atoms with Crippen LogP contribution in [0.5, 0.6) is 0 Å². The molecule has 3 aromatic rings. The number of amides is 1. The van der Waals surface area contributed by atoms with Crippen molar-refractivity contribution >= 4 is 46.6 Å². The maximum atomic E-state index is 12.1. The lowest BCUT2D eigenvalue weighted by Crippen LogP contribution is -2.33. The summed E-state index contributed by atoms with van der Waals surface area (Å²) < 4.78 is 5.77. The second-order valence-electron chi connectivity index (χ2n) is 6.76. The molecule has 1 amide bonds. The smallest absolute Gasteiger partial charge is 0.250 e. The van der Waals surface area contributed by atoms with Gasteiger partial charge in [-0.05, 0) is 74.5 Å². The lowest BCUT2D eigenvalue weighted by molar-refractivity contribution is -0.115. The Morgan fingerprint density at radius 1 is 1.03 bits per heavy atom. The van der Waals surface area contributed by atoms with Crippen molar-refractivity contribution in [2.45, 2.75) is 20.8 Å². The Hall–Kier alpha value is -2.89. The minimum atomic E-state index is -0.344. The molecule has 148 valence electrons. The zero-order valence-electron chi connectivity index (χ0n) is 16.4. The second kappa shape index (κ2) is 9.07. The van der Waals surface area contributed by atoms with Gasteiger partial charge in [-0.2, -0.15) is 0 Å². The molecule has 0 bridgehead atoms. The first-order chi connectivity index (χ1) is 13.8. The summed E-state index contributed by atoms with van der Waals surface area (Å²) in [6.07, 6.45) is 2.97. The number of aryl methyl sites for hydroxylation is 3. The molecule has 2 aromatic carbocycles. The lowest BCUT2D eigenvalue weighted by atomic mass is 10.1. The number of furan rings is 1. The molecule has 0 aliphatic rings. The van der Waals surface area contributed by atoms with E-state index in [-0.39, 0.29) is 11.0 Å². The normalized spacial score (nSPS) is 10.9. The van der Waals surface area contributed by atoms with Gasteiger partial charge >= 0.3 is 0 Å². The van der Waals surface area contributed by atoms with Crippen LogP contribution in [0, 0.1) is 20.8 Å². The Kier molecular flexibility index (Phi) is 6.52. The first-order valence-corrected chi connectivity index (χ1v) is 9.84. The summed E-state index contributed by atoms with van der Waals surface area (Å²) in [6, 6.07) is 15.3. The van der Waals surface area contributed by atoms with Crippen LogP contribution in [-0.4, -0.2) is 11.0 Å². The van der Waals surface area contributed by atoms with Gasteiger partial charge in [0, 0.05) is 22.3 Å². The van der Waals surface area contributed by atoms with Crippen molar-refractivity contribution in [1.29, 1.82) is 0 Å². The third kappa shape index (κ3) is 5.56. The molecule has 4 nitrogen and oxygen atoms in total. The average Bonchev–Trinajstić information content (AvgIpc) is 3.14. The van der Waals surface area contributed by atoms with Crippen molar-refractivity contribution < 1.29 is 9.21 Å². The molecule has 0 saturated heterocycles. The van der Waals surface area contributed by atoms with E-state index in [2.05, 4.69) is 10.6 Å². The van der Waals surface area contributed by atoms with Gasteiger partial charge in [0.15, 0.2) is 5.11 Å². The van der Waals surface area contributed by atoms with E-state index < -0.39 is 0 Å². The van der Waals surface area contributed by atoms with Crippen LogP contribution in [0.25, 0.3) is 17.4 Å². The molecule has 0 fully saturated rings. The van der Waals surface area contributed by atoms with Crippen LogP contribution in [0.2, 0.25) is 5.02 Å². The van der Waals surface area contributed by atoms with Crippen molar-refractivity contribution in [3.8, 4) is 11.3 Å². The van der Waals surface area contributed by atoms with Crippen molar-refractivity contribution in [2.24, 2.45) is 0 Å². The standard InChI is InChI=1S/C23H21ClN2O2S/c1-14-4-9-20(16(3)12-14)25-23(29)26-22(27)11-8-18-7-10-21(28-18)17-6-5-15(2)19(24)13-17/h4-13H,1-3H3,(H2,25,26,27,29)/b11-8+. The summed E-state index contributed by atoms with van der Waals surface area (Å²) in [6.45, 7) is 5.95. The van der Waals surface area contributed by atoms with E-state index in [0.29, 0.717) is 16.5 Å². The Bertz CT molecular complexity index is 1100. The van der Waals surface area contributed by atoms with Gasteiger partial charge in [-0.1, -0.05) is 41.4 Å². The van der Waals surface area contributed by atoms with E-state index in [1.807, 2.05) is 63.2 Å². The van der Waals surface area contributed by atoms with E-state index in [1.165, 1.54) is 6.08 Å². The molecule has 2 N–H and O–H groups in total. The summed E-state index contributed by atoms with van der Waals surface area (Å²) in [5.41, 5.74) is 4.96. The first-order valence-electron chi connectivity index (χ1n) is 9.05. The van der Waals surface area contributed by atoms with Gasteiger partial charge in [-0.15, -0.1) is 0 Å². The van der Waals surface area contributed by atoms with Crippen LogP contribution in [0.4, 0.5) is 5.69 Å². The predicted molar refractivity (Wildman–Crippen MR) is 123 cm³/mol. The maximum absolute atomic E-state index is 12.1. The molecule has 0 aliphatic carbocycles. The van der Waals surface area contributed by atoms with E-state index >= 15 is 0 Å². The van der Waals surface area contributed by atoms with Gasteiger partial charge in [-0.25, -0.2) is 0 Å². The molecular formula is C23H21ClN2O2S. The Balaban J connectivity index is 1.59. The molecule has 29 heavy (non-hydrogen) atoms. The highest BCUT2D eigenvalue weighted by molar-refractivity contribution is 7.80. The zero-order valence-corrected chi connectivity index (χ0v) is 17.9. The molecular weight excluding hydrogens is 404 g/mol. The summed E-state index contributed by atoms with van der Waals surface area (Å²) in [7, 11) is 0. The number of halogens is 1. The van der Waals surface area contributed by atoms with Crippen LogP contribution in [-0.2, 0) is 4.79 Å². The summed E-state index contributed by atoms with van der Waals surface area (Å²) in [5.74, 6) is 0.891. The SMILES string of the molecule is Cc1ccc(NC(=S)NC(=O)/C=C/c2ccc(-c3ccc(C)c(Cl)c3)o2)c(C)c1. The number of hydrogen-bond donors (Lipinski definition) is 2. The van der Waals surface area contributed by atoms with E-state index in [4.69, 9.17) is 28.2 Å². The topological polar surface area (TPSA) is 54.3 Å². The molecule has 0 spiro atoms. The highest BCUT2D eigenvalue weighted by Gasteiger charge is 2.07. The number of anilines is 1. The highest BCUT2D eigenvalue weighted by atomic mass is 35.5. The number of carbonyl (C=O) groups is 1. The van der Waals surface area contributed by atoms with Crippen molar-refractivity contribution in [3.63, 3.8) is 0 Å². The predicted octanol–water partition coefficient (Wildman–Crippen LogP) is 6.05. The molecule has 3 rings (SSSR count). The van der Waals surface area contributed by atoms with Crippen molar-refractivity contribution in [2.75, 3.05) is 5.32 Å². The summed E-state index contributed by atoms with van der Waals surface area (Å²) >= 11 is 11.4. The summed E-state index contributed by atoms with van der Waals surface area (Å²) in [4.78, 5) is 12.1. The van der Waals surface area contributed by atoms with Crippen LogP contribution in [0.1, 0.15) is 22.5 Å². The number of thiocarbonyl (C=S) groups is 1. The number of benzene rings is 2. The van der Waals surface area contributed by atoms with Crippen LogP contribution < -0.4 is 10.6 Å². The fourth-order valence-electron chi connectivity index (χ4n) is 2.76. The molecule has 6 heteroatoms.